The van der Waals surface area contributed by atoms with Gasteiger partial charge in [-0.05, 0) is 6.42 Å². The highest BCUT2D eigenvalue weighted by molar-refractivity contribution is 5.69. The first-order valence-electron chi connectivity index (χ1n) is 4.68. The molecule has 0 N–H and O–H groups in total. The highest BCUT2D eigenvalue weighted by atomic mass is 19.4. The van der Waals surface area contributed by atoms with Crippen LogP contribution in [0.15, 0.2) is 0 Å². The lowest BCUT2D eigenvalue weighted by molar-refractivity contribution is -0.186. The minimum atomic E-state index is -4.42. The summed E-state index contributed by atoms with van der Waals surface area (Å²) in [7, 11) is 0. The van der Waals surface area contributed by atoms with E-state index in [2.05, 4.69) is 4.74 Å². The van der Waals surface area contributed by atoms with Crippen LogP contribution < -0.4 is 0 Å². The predicted molar refractivity (Wildman–Crippen MR) is 45.8 cm³/mol. The van der Waals surface area contributed by atoms with Gasteiger partial charge in [-0.15, -0.1) is 0 Å². The first kappa shape index (κ1) is 13.3. The smallest absolute Gasteiger partial charge is 0.422 e. The molecule has 0 aromatic rings. The number of alkyl halides is 3. The topological polar surface area (TPSA) is 26.3 Å². The van der Waals surface area contributed by atoms with E-state index in [0.717, 1.165) is 19.3 Å². The molecular weight excluding hydrogens is 197 g/mol. The van der Waals surface area contributed by atoms with Crippen molar-refractivity contribution in [3.8, 4) is 0 Å². The number of carbonyl (C=O) groups is 1. The molecule has 14 heavy (non-hydrogen) atoms. The molecule has 0 aliphatic carbocycles. The van der Waals surface area contributed by atoms with Crippen LogP contribution in [0, 0.1) is 0 Å². The summed E-state index contributed by atoms with van der Waals surface area (Å²) in [6.45, 7) is 0.543. The van der Waals surface area contributed by atoms with E-state index in [1.54, 1.807) is 0 Å². The van der Waals surface area contributed by atoms with E-state index in [0.29, 0.717) is 6.42 Å². The molecule has 0 amide bonds. The second-order valence-electron chi connectivity index (χ2n) is 3.09. The molecule has 0 atom stereocenters. The Balaban J connectivity index is 3.38. The normalized spacial score (nSPS) is 11.4. The van der Waals surface area contributed by atoms with Gasteiger partial charge in [-0.25, -0.2) is 0 Å². The Morgan fingerprint density at radius 3 is 2.36 bits per heavy atom. The number of hydrogen-bond donors (Lipinski definition) is 0. The second-order valence-corrected chi connectivity index (χ2v) is 3.09. The zero-order valence-electron chi connectivity index (χ0n) is 8.19. The van der Waals surface area contributed by atoms with Crippen LogP contribution in [-0.4, -0.2) is 18.8 Å². The molecule has 0 aromatic heterocycles. The number of carbonyl (C=O) groups excluding carboxylic acids is 1. The van der Waals surface area contributed by atoms with E-state index in [9.17, 15) is 18.0 Å². The first-order valence-corrected chi connectivity index (χ1v) is 4.68. The Morgan fingerprint density at radius 2 is 1.86 bits per heavy atom. The van der Waals surface area contributed by atoms with Gasteiger partial charge in [0.1, 0.15) is 0 Å². The number of halogens is 3. The third kappa shape index (κ3) is 9.35. The molecule has 0 heterocycles. The predicted octanol–water partition coefficient (Wildman–Crippen LogP) is 3.06. The Labute approximate surface area is 81.4 Å². The van der Waals surface area contributed by atoms with Gasteiger partial charge in [-0.2, -0.15) is 13.2 Å². The molecule has 0 fully saturated rings. The van der Waals surface area contributed by atoms with Crippen molar-refractivity contribution >= 4 is 5.97 Å². The molecular formula is C9H15F3O2. The van der Waals surface area contributed by atoms with E-state index in [1.807, 2.05) is 6.92 Å². The highest BCUT2D eigenvalue weighted by Gasteiger charge is 2.29. The SMILES string of the molecule is CCCCCCC(=O)OCC(F)(F)F. The van der Waals surface area contributed by atoms with Gasteiger partial charge in [0.25, 0.3) is 0 Å². The minimum absolute atomic E-state index is 0.0794. The zero-order valence-corrected chi connectivity index (χ0v) is 8.19. The first-order chi connectivity index (χ1) is 6.45. The molecule has 0 spiro atoms. The fourth-order valence-corrected chi connectivity index (χ4v) is 0.931. The Kier molecular flexibility index (Phi) is 6.32. The molecule has 0 rings (SSSR count). The molecule has 0 aliphatic rings. The molecule has 0 aromatic carbocycles. The van der Waals surface area contributed by atoms with Gasteiger partial charge in [0, 0.05) is 6.42 Å². The molecule has 0 bridgehead atoms. The fourth-order valence-electron chi connectivity index (χ4n) is 0.931. The molecule has 5 heteroatoms. The van der Waals surface area contributed by atoms with Crippen molar-refractivity contribution in [2.24, 2.45) is 0 Å². The van der Waals surface area contributed by atoms with Crippen molar-refractivity contribution in [1.29, 1.82) is 0 Å². The van der Waals surface area contributed by atoms with Gasteiger partial charge in [0.2, 0.25) is 0 Å². The van der Waals surface area contributed by atoms with Crippen LogP contribution in [0.5, 0.6) is 0 Å². The van der Waals surface area contributed by atoms with Crippen LogP contribution in [0.1, 0.15) is 39.0 Å². The Morgan fingerprint density at radius 1 is 1.21 bits per heavy atom. The maximum atomic E-state index is 11.6. The summed E-state index contributed by atoms with van der Waals surface area (Å²) in [4.78, 5) is 10.7. The number of ether oxygens (including phenoxy) is 1. The van der Waals surface area contributed by atoms with E-state index in [-0.39, 0.29) is 6.42 Å². The summed E-state index contributed by atoms with van der Waals surface area (Å²) in [5.74, 6) is -0.765. The second kappa shape index (κ2) is 6.68. The maximum absolute atomic E-state index is 11.6. The number of hydrogen-bond acceptors (Lipinski definition) is 2. The van der Waals surface area contributed by atoms with Crippen LogP contribution in [0.2, 0.25) is 0 Å². The Bertz CT molecular complexity index is 166. The summed E-state index contributed by atoms with van der Waals surface area (Å²) in [6, 6.07) is 0. The van der Waals surface area contributed by atoms with Gasteiger partial charge in [-0.1, -0.05) is 26.2 Å². The van der Waals surface area contributed by atoms with Gasteiger partial charge >= 0.3 is 12.1 Å². The standard InChI is InChI=1S/C9H15F3O2/c1-2-3-4-5-6-8(13)14-7-9(10,11)12/h2-7H2,1H3. The van der Waals surface area contributed by atoms with Crippen molar-refractivity contribution in [3.63, 3.8) is 0 Å². The van der Waals surface area contributed by atoms with Crippen LogP contribution in [0.4, 0.5) is 13.2 Å². The average Bonchev–Trinajstić information content (AvgIpc) is 2.08. The molecule has 2 nitrogen and oxygen atoms in total. The fraction of sp³-hybridized carbons (Fsp3) is 0.889. The van der Waals surface area contributed by atoms with Crippen LogP contribution in [-0.2, 0) is 9.53 Å². The van der Waals surface area contributed by atoms with Crippen LogP contribution in [0.3, 0.4) is 0 Å². The number of rotatable bonds is 6. The van der Waals surface area contributed by atoms with Crippen molar-refractivity contribution < 1.29 is 22.7 Å². The molecule has 0 saturated heterocycles. The largest absolute Gasteiger partial charge is 0.456 e. The Hall–Kier alpha value is -0.740. The van der Waals surface area contributed by atoms with E-state index < -0.39 is 18.8 Å². The summed E-state index contributed by atoms with van der Waals surface area (Å²) in [5.41, 5.74) is 0. The third-order valence-electron chi connectivity index (χ3n) is 1.63. The van der Waals surface area contributed by atoms with Gasteiger partial charge in [0.05, 0.1) is 0 Å². The lowest BCUT2D eigenvalue weighted by Crippen LogP contribution is -2.20. The molecule has 0 aliphatic heterocycles. The molecule has 0 radical (unpaired) electrons. The van der Waals surface area contributed by atoms with Gasteiger partial charge in [-0.3, -0.25) is 4.79 Å². The van der Waals surface area contributed by atoms with Gasteiger partial charge in [0.15, 0.2) is 6.61 Å². The summed E-state index contributed by atoms with van der Waals surface area (Å²) in [5, 5.41) is 0. The van der Waals surface area contributed by atoms with Crippen molar-refractivity contribution in [2.45, 2.75) is 45.2 Å². The summed E-state index contributed by atoms with van der Waals surface area (Å²) >= 11 is 0. The highest BCUT2D eigenvalue weighted by Crippen LogP contribution is 2.15. The van der Waals surface area contributed by atoms with E-state index >= 15 is 0 Å². The van der Waals surface area contributed by atoms with Crippen molar-refractivity contribution in [2.75, 3.05) is 6.61 Å². The van der Waals surface area contributed by atoms with Crippen molar-refractivity contribution in [1.82, 2.24) is 0 Å². The molecule has 0 unspecified atom stereocenters. The lowest BCUT2D eigenvalue weighted by Gasteiger charge is -2.07. The molecule has 84 valence electrons. The lowest BCUT2D eigenvalue weighted by atomic mass is 10.2. The zero-order chi connectivity index (χ0) is 11.0. The van der Waals surface area contributed by atoms with Crippen molar-refractivity contribution in [3.05, 3.63) is 0 Å². The quantitative estimate of drug-likeness (QED) is 0.499. The third-order valence-corrected chi connectivity index (χ3v) is 1.63. The van der Waals surface area contributed by atoms with Crippen LogP contribution >= 0.6 is 0 Å². The van der Waals surface area contributed by atoms with Crippen LogP contribution in [0.25, 0.3) is 0 Å². The maximum Gasteiger partial charge on any atom is 0.422 e. The average molecular weight is 212 g/mol. The van der Waals surface area contributed by atoms with Gasteiger partial charge < -0.3 is 4.74 Å². The van der Waals surface area contributed by atoms with E-state index in [1.165, 1.54) is 0 Å². The number of esters is 1. The summed E-state index contributed by atoms with van der Waals surface area (Å²) in [6.07, 6.45) is -0.860. The summed E-state index contributed by atoms with van der Waals surface area (Å²) < 4.78 is 38.8. The minimum Gasteiger partial charge on any atom is -0.456 e. The number of unbranched alkanes of at least 4 members (excludes halogenated alkanes) is 3. The molecule has 0 saturated carbocycles. The van der Waals surface area contributed by atoms with E-state index in [4.69, 9.17) is 0 Å². The monoisotopic (exact) mass is 212 g/mol.